The molecular formula is C26H29FN4O3. The number of piperazine rings is 2. The summed E-state index contributed by atoms with van der Waals surface area (Å²) in [6.45, 7) is 8.72. The Balaban J connectivity index is 1.22. The molecule has 2 N–H and O–H groups in total. The first kappa shape index (κ1) is 22.9. The molecule has 0 radical (unpaired) electrons. The maximum atomic E-state index is 13.9. The smallest absolute Gasteiger partial charge is 0.338 e. The van der Waals surface area contributed by atoms with Crippen LogP contribution in [0.15, 0.2) is 24.3 Å². The molecule has 7 nitrogen and oxygen atoms in total. The highest BCUT2D eigenvalue weighted by Crippen LogP contribution is 2.31. The maximum absolute atomic E-state index is 13.9. The van der Waals surface area contributed by atoms with E-state index in [2.05, 4.69) is 15.1 Å². The molecule has 0 bridgehead atoms. The number of aliphatic hydroxyl groups excluding tert-OH is 1. The van der Waals surface area contributed by atoms with Crippen LogP contribution >= 0.6 is 0 Å². The van der Waals surface area contributed by atoms with E-state index in [9.17, 15) is 19.6 Å². The highest BCUT2D eigenvalue weighted by molar-refractivity contribution is 5.93. The molecule has 3 aliphatic rings. The van der Waals surface area contributed by atoms with Crippen molar-refractivity contribution >= 4 is 5.97 Å². The molecule has 0 saturated carbocycles. The summed E-state index contributed by atoms with van der Waals surface area (Å²) in [7, 11) is 0. The molecular weight excluding hydrogens is 435 g/mol. The number of β-amino-alcohol motifs (C(OH)–C–C–N with tert-alkyl or cyclic N) is 1. The van der Waals surface area contributed by atoms with E-state index in [1.54, 1.807) is 12.1 Å². The number of nitrogens with one attached hydrogen (secondary N) is 1. The molecule has 0 spiro atoms. The first-order valence-electron chi connectivity index (χ1n) is 11.7. The van der Waals surface area contributed by atoms with Gasteiger partial charge in [0, 0.05) is 56.9 Å². The molecule has 34 heavy (non-hydrogen) atoms. The Morgan fingerprint density at radius 3 is 2.85 bits per heavy atom. The van der Waals surface area contributed by atoms with Gasteiger partial charge < -0.3 is 15.2 Å². The minimum atomic E-state index is -0.636. The van der Waals surface area contributed by atoms with Crippen LogP contribution in [-0.4, -0.2) is 66.2 Å². The number of hydrogen-bond acceptors (Lipinski definition) is 7. The van der Waals surface area contributed by atoms with Crippen LogP contribution in [0.5, 0.6) is 0 Å². The summed E-state index contributed by atoms with van der Waals surface area (Å²) < 4.78 is 19.1. The number of rotatable bonds is 4. The fraction of sp³-hybridized carbons (Fsp3) is 0.462. The number of benzene rings is 2. The molecule has 0 aliphatic carbocycles. The summed E-state index contributed by atoms with van der Waals surface area (Å²) >= 11 is 0. The number of carbonyl (C=O) groups excluding carboxylic acids is 1. The highest BCUT2D eigenvalue weighted by atomic mass is 19.1. The van der Waals surface area contributed by atoms with Crippen molar-refractivity contribution in [3.05, 3.63) is 69.0 Å². The number of esters is 1. The van der Waals surface area contributed by atoms with Crippen LogP contribution in [-0.2, 0) is 11.3 Å². The summed E-state index contributed by atoms with van der Waals surface area (Å²) in [4.78, 5) is 16.5. The van der Waals surface area contributed by atoms with Crippen molar-refractivity contribution in [1.82, 2.24) is 15.1 Å². The van der Waals surface area contributed by atoms with Gasteiger partial charge in [-0.3, -0.25) is 9.80 Å². The lowest BCUT2D eigenvalue weighted by molar-refractivity contribution is 0.0187. The monoisotopic (exact) mass is 464 g/mol. The SMILES string of the molecule is Cc1c([C@@H]2CN3CCN(C[C@@H](O)c4ccc5c(c4C)COC5=O)C[C@H]3CN2)ccc(F)c1C#N. The maximum Gasteiger partial charge on any atom is 0.338 e. The zero-order valence-corrected chi connectivity index (χ0v) is 19.5. The number of ether oxygens (including phenoxy) is 1. The van der Waals surface area contributed by atoms with E-state index < -0.39 is 11.9 Å². The second-order valence-electron chi connectivity index (χ2n) is 9.52. The molecule has 3 atom stereocenters. The van der Waals surface area contributed by atoms with Gasteiger partial charge in [-0.1, -0.05) is 12.1 Å². The van der Waals surface area contributed by atoms with Crippen molar-refractivity contribution in [2.24, 2.45) is 0 Å². The van der Waals surface area contributed by atoms with Crippen LogP contribution in [0.25, 0.3) is 0 Å². The lowest BCUT2D eigenvalue weighted by atomic mass is 9.93. The molecule has 5 rings (SSSR count). The molecule has 8 heteroatoms. The van der Waals surface area contributed by atoms with E-state index >= 15 is 0 Å². The van der Waals surface area contributed by atoms with Crippen LogP contribution in [0.1, 0.15) is 55.9 Å². The molecule has 0 aromatic heterocycles. The predicted octanol–water partition coefficient (Wildman–Crippen LogP) is 2.35. The Labute approximate surface area is 198 Å². The largest absolute Gasteiger partial charge is 0.457 e. The van der Waals surface area contributed by atoms with Gasteiger partial charge in [-0.05, 0) is 48.2 Å². The van der Waals surface area contributed by atoms with E-state index in [0.29, 0.717) is 23.7 Å². The Bertz CT molecular complexity index is 1180. The normalized spacial score (nSPS) is 23.7. The fourth-order valence-corrected chi connectivity index (χ4v) is 5.62. The van der Waals surface area contributed by atoms with E-state index in [0.717, 1.165) is 55.0 Å². The Morgan fingerprint density at radius 1 is 1.24 bits per heavy atom. The van der Waals surface area contributed by atoms with Crippen LogP contribution in [0.4, 0.5) is 4.39 Å². The van der Waals surface area contributed by atoms with Crippen molar-refractivity contribution < 1.29 is 19.0 Å². The third-order valence-corrected chi connectivity index (χ3v) is 7.65. The molecule has 2 aromatic rings. The van der Waals surface area contributed by atoms with Crippen LogP contribution in [0.2, 0.25) is 0 Å². The van der Waals surface area contributed by atoms with Crippen LogP contribution in [0.3, 0.4) is 0 Å². The minimum Gasteiger partial charge on any atom is -0.457 e. The summed E-state index contributed by atoms with van der Waals surface area (Å²) in [5.41, 5.74) is 5.07. The predicted molar refractivity (Wildman–Crippen MR) is 124 cm³/mol. The van der Waals surface area contributed by atoms with E-state index in [-0.39, 0.29) is 24.2 Å². The third kappa shape index (κ3) is 3.99. The van der Waals surface area contributed by atoms with E-state index in [1.807, 2.05) is 26.0 Å². The lowest BCUT2D eigenvalue weighted by Gasteiger charge is -2.47. The average Bonchev–Trinajstić information content (AvgIpc) is 3.21. The molecule has 2 fully saturated rings. The van der Waals surface area contributed by atoms with E-state index in [1.165, 1.54) is 6.07 Å². The van der Waals surface area contributed by atoms with Crippen molar-refractivity contribution in [2.75, 3.05) is 39.3 Å². The van der Waals surface area contributed by atoms with Gasteiger partial charge in [0.1, 0.15) is 18.5 Å². The summed E-state index contributed by atoms with van der Waals surface area (Å²) in [6, 6.07) is 9.13. The summed E-state index contributed by atoms with van der Waals surface area (Å²) in [5, 5.41) is 23.9. The minimum absolute atomic E-state index is 0.0556. The van der Waals surface area contributed by atoms with Crippen molar-refractivity contribution in [1.29, 1.82) is 5.26 Å². The van der Waals surface area contributed by atoms with Crippen LogP contribution < -0.4 is 5.32 Å². The number of nitriles is 1. The van der Waals surface area contributed by atoms with Crippen molar-refractivity contribution in [3.8, 4) is 6.07 Å². The van der Waals surface area contributed by atoms with Crippen molar-refractivity contribution in [2.45, 2.75) is 38.6 Å². The molecule has 0 unspecified atom stereocenters. The number of cyclic esters (lactones) is 1. The molecule has 178 valence electrons. The van der Waals surface area contributed by atoms with E-state index in [4.69, 9.17) is 4.74 Å². The Morgan fingerprint density at radius 2 is 2.06 bits per heavy atom. The number of nitrogens with zero attached hydrogens (tertiary/aromatic N) is 3. The fourth-order valence-electron chi connectivity index (χ4n) is 5.62. The zero-order chi connectivity index (χ0) is 24.0. The first-order valence-corrected chi connectivity index (χ1v) is 11.7. The first-order chi connectivity index (χ1) is 16.4. The quantitative estimate of drug-likeness (QED) is 0.672. The third-order valence-electron chi connectivity index (χ3n) is 7.65. The number of carbonyl (C=O) groups is 1. The molecule has 2 aromatic carbocycles. The Hall–Kier alpha value is -2.83. The molecule has 3 heterocycles. The number of aliphatic hydroxyl groups is 1. The second-order valence-corrected chi connectivity index (χ2v) is 9.52. The summed E-state index contributed by atoms with van der Waals surface area (Å²) in [6.07, 6.45) is -0.636. The number of fused-ring (bicyclic) bond motifs is 2. The van der Waals surface area contributed by atoms with Gasteiger partial charge >= 0.3 is 5.97 Å². The zero-order valence-electron chi connectivity index (χ0n) is 19.5. The average molecular weight is 465 g/mol. The molecule has 3 aliphatic heterocycles. The lowest BCUT2D eigenvalue weighted by Crippen LogP contribution is -2.62. The highest BCUT2D eigenvalue weighted by Gasteiger charge is 2.35. The van der Waals surface area contributed by atoms with Gasteiger partial charge in [0.15, 0.2) is 0 Å². The summed E-state index contributed by atoms with van der Waals surface area (Å²) in [5.74, 6) is -0.764. The number of halogens is 1. The van der Waals surface area contributed by atoms with Crippen LogP contribution in [0, 0.1) is 31.0 Å². The van der Waals surface area contributed by atoms with Gasteiger partial charge in [0.2, 0.25) is 0 Å². The standard InChI is InChI=1S/C26H29FN4O3/c1-15-18(5-6-23(27)21(15)9-28)24-12-31-8-7-30(11-17(31)10-29-24)13-25(32)19-3-4-20-22(16(19)2)14-34-26(20)33/h3-6,17,24-25,29,32H,7-8,10-14H2,1-2H3/t17-,24+,25-/m1/s1. The number of hydrogen-bond donors (Lipinski definition) is 2. The topological polar surface area (TPSA) is 88.8 Å². The van der Waals surface area contributed by atoms with Gasteiger partial charge in [-0.2, -0.15) is 5.26 Å². The van der Waals surface area contributed by atoms with Gasteiger partial charge in [-0.25, -0.2) is 9.18 Å². The van der Waals surface area contributed by atoms with Gasteiger partial charge in [0.25, 0.3) is 0 Å². The van der Waals surface area contributed by atoms with Gasteiger partial charge in [0.05, 0.1) is 17.2 Å². The van der Waals surface area contributed by atoms with Gasteiger partial charge in [-0.15, -0.1) is 0 Å². The molecule has 2 saturated heterocycles. The Kier molecular flexibility index (Phi) is 6.13. The molecule has 0 amide bonds. The van der Waals surface area contributed by atoms with Crippen molar-refractivity contribution in [3.63, 3.8) is 0 Å². The second kappa shape index (κ2) is 9.08.